The molecule has 0 amide bonds. The maximum absolute atomic E-state index is 6.07. The summed E-state index contributed by atoms with van der Waals surface area (Å²) in [5, 5.41) is 0. The fraction of sp³-hybridized carbons (Fsp3) is 0.545. The van der Waals surface area contributed by atoms with Crippen molar-refractivity contribution >= 4 is 0 Å². The Hall–Kier alpha value is -2.10. The molecule has 0 N–H and O–H groups in total. The minimum atomic E-state index is 0.000493. The molecule has 2 aromatic rings. The van der Waals surface area contributed by atoms with E-state index in [4.69, 9.17) is 9.47 Å². The van der Waals surface area contributed by atoms with E-state index >= 15 is 0 Å². The highest BCUT2D eigenvalue weighted by molar-refractivity contribution is 5.39. The average molecular weight is 357 g/mol. The van der Waals surface area contributed by atoms with Crippen molar-refractivity contribution in [2.75, 3.05) is 13.7 Å². The second-order valence-corrected chi connectivity index (χ2v) is 8.78. The van der Waals surface area contributed by atoms with E-state index in [-0.39, 0.29) is 10.8 Å². The van der Waals surface area contributed by atoms with Crippen LogP contribution in [0.2, 0.25) is 0 Å². The summed E-state index contributed by atoms with van der Waals surface area (Å²) in [6.07, 6.45) is 6.26. The van der Waals surface area contributed by atoms with Crippen LogP contribution in [0.15, 0.2) is 24.7 Å². The summed E-state index contributed by atoms with van der Waals surface area (Å²) in [7, 11) is 1.67. The summed E-state index contributed by atoms with van der Waals surface area (Å²) in [6, 6.07) is 2.08. The van der Waals surface area contributed by atoms with Crippen LogP contribution in [0.5, 0.6) is 11.5 Å². The van der Waals surface area contributed by atoms with Gasteiger partial charge in [0.1, 0.15) is 11.5 Å². The lowest BCUT2D eigenvalue weighted by atomic mass is 9.85. The fourth-order valence-corrected chi connectivity index (χ4v) is 3.10. The van der Waals surface area contributed by atoms with Crippen molar-refractivity contribution in [3.63, 3.8) is 0 Å². The monoisotopic (exact) mass is 356 g/mol. The summed E-state index contributed by atoms with van der Waals surface area (Å²) in [5.41, 5.74) is 4.67. The molecule has 0 bridgehead atoms. The number of methoxy groups -OCH3 is 1. The first kappa shape index (κ1) is 20.2. The highest BCUT2D eigenvalue weighted by atomic mass is 16.5. The summed E-state index contributed by atoms with van der Waals surface area (Å²) in [5.74, 6) is 1.64. The van der Waals surface area contributed by atoms with Gasteiger partial charge in [-0.15, -0.1) is 0 Å². The minimum absolute atomic E-state index is 0.000493. The lowest BCUT2D eigenvalue weighted by Gasteiger charge is -2.24. The lowest BCUT2D eigenvalue weighted by molar-refractivity contribution is 0.314. The molecule has 0 radical (unpaired) electrons. The summed E-state index contributed by atoms with van der Waals surface area (Å²) < 4.78 is 11.4. The number of ether oxygens (including phenoxy) is 2. The molecule has 2 aromatic heterocycles. The Morgan fingerprint density at radius 2 is 1.58 bits per heavy atom. The molecular weight excluding hydrogens is 324 g/mol. The van der Waals surface area contributed by atoms with Gasteiger partial charge in [-0.25, -0.2) is 0 Å². The maximum atomic E-state index is 6.07. The molecule has 0 aromatic carbocycles. The van der Waals surface area contributed by atoms with E-state index in [2.05, 4.69) is 64.5 Å². The molecule has 0 saturated heterocycles. The van der Waals surface area contributed by atoms with Crippen LogP contribution < -0.4 is 9.47 Å². The molecule has 2 rings (SSSR count). The third kappa shape index (κ3) is 4.75. The predicted molar refractivity (Wildman–Crippen MR) is 106 cm³/mol. The van der Waals surface area contributed by atoms with Crippen LogP contribution in [-0.4, -0.2) is 23.7 Å². The molecule has 0 fully saturated rings. The molecule has 0 unspecified atom stereocenters. The number of pyridine rings is 2. The summed E-state index contributed by atoms with van der Waals surface area (Å²) in [4.78, 5) is 8.97. The molecule has 2 heterocycles. The van der Waals surface area contributed by atoms with E-state index in [1.165, 1.54) is 11.1 Å². The van der Waals surface area contributed by atoms with Crippen molar-refractivity contribution in [1.82, 2.24) is 9.97 Å². The highest BCUT2D eigenvalue weighted by Gasteiger charge is 2.21. The molecule has 0 atom stereocenters. The maximum Gasteiger partial charge on any atom is 0.140 e. The van der Waals surface area contributed by atoms with Crippen LogP contribution in [0, 0.1) is 6.92 Å². The molecule has 142 valence electrons. The van der Waals surface area contributed by atoms with Crippen molar-refractivity contribution < 1.29 is 9.47 Å². The fourth-order valence-electron chi connectivity index (χ4n) is 3.10. The number of nitrogens with zero attached hydrogens (tertiary/aromatic N) is 2. The third-order valence-corrected chi connectivity index (χ3v) is 4.56. The van der Waals surface area contributed by atoms with Gasteiger partial charge in [-0.2, -0.15) is 0 Å². The number of aromatic nitrogens is 2. The van der Waals surface area contributed by atoms with Crippen LogP contribution in [0.1, 0.15) is 63.9 Å². The van der Waals surface area contributed by atoms with Crippen molar-refractivity contribution in [2.24, 2.45) is 0 Å². The first-order valence-electron chi connectivity index (χ1n) is 9.15. The molecular formula is C22H32N2O2. The average Bonchev–Trinajstić information content (AvgIpc) is 2.54. The van der Waals surface area contributed by atoms with E-state index in [0.717, 1.165) is 29.2 Å². The third-order valence-electron chi connectivity index (χ3n) is 4.56. The summed E-state index contributed by atoms with van der Waals surface area (Å²) in [6.45, 7) is 15.8. The molecule has 0 saturated carbocycles. The van der Waals surface area contributed by atoms with Gasteiger partial charge in [0.15, 0.2) is 0 Å². The standard InChI is InChI=1S/C22H32N2O2/c1-15-18(22(5,6)7)13-23-14-20(15)26-10-9-19-17(21(2,3)4)11-16(25-8)12-24-19/h11-14H,9-10H2,1-8H3. The number of hydrogen-bond acceptors (Lipinski definition) is 4. The largest absolute Gasteiger partial charge is 0.495 e. The smallest absolute Gasteiger partial charge is 0.140 e. The van der Waals surface area contributed by atoms with E-state index in [9.17, 15) is 0 Å². The van der Waals surface area contributed by atoms with E-state index < -0.39 is 0 Å². The molecule has 0 spiro atoms. The van der Waals surface area contributed by atoms with Crippen LogP contribution in [-0.2, 0) is 17.3 Å². The zero-order valence-corrected chi connectivity index (χ0v) is 17.4. The minimum Gasteiger partial charge on any atom is -0.495 e. The quantitative estimate of drug-likeness (QED) is 0.755. The molecule has 0 aliphatic carbocycles. The van der Waals surface area contributed by atoms with Crippen molar-refractivity contribution in [3.05, 3.63) is 47.0 Å². The van der Waals surface area contributed by atoms with Gasteiger partial charge in [0.05, 0.1) is 26.1 Å². The second-order valence-electron chi connectivity index (χ2n) is 8.78. The van der Waals surface area contributed by atoms with Gasteiger partial charge < -0.3 is 9.47 Å². The van der Waals surface area contributed by atoms with Gasteiger partial charge >= 0.3 is 0 Å². The Kier molecular flexibility index (Phi) is 5.94. The predicted octanol–water partition coefficient (Wildman–Crippen LogP) is 5.01. The van der Waals surface area contributed by atoms with Crippen LogP contribution in [0.25, 0.3) is 0 Å². The Morgan fingerprint density at radius 1 is 0.923 bits per heavy atom. The molecule has 0 aliphatic heterocycles. The topological polar surface area (TPSA) is 44.2 Å². The van der Waals surface area contributed by atoms with Gasteiger partial charge in [0.25, 0.3) is 0 Å². The molecule has 4 nitrogen and oxygen atoms in total. The Bertz CT molecular complexity index is 756. The Labute approximate surface area is 158 Å². The van der Waals surface area contributed by atoms with Gasteiger partial charge in [-0.1, -0.05) is 41.5 Å². The zero-order chi connectivity index (χ0) is 19.5. The molecule has 0 aliphatic rings. The second kappa shape index (κ2) is 7.65. The normalized spacial score (nSPS) is 12.2. The van der Waals surface area contributed by atoms with E-state index in [1.54, 1.807) is 19.5 Å². The Morgan fingerprint density at radius 3 is 2.15 bits per heavy atom. The van der Waals surface area contributed by atoms with Crippen molar-refractivity contribution in [1.29, 1.82) is 0 Å². The van der Waals surface area contributed by atoms with Gasteiger partial charge in [0, 0.05) is 18.3 Å². The van der Waals surface area contributed by atoms with Crippen molar-refractivity contribution in [2.45, 2.75) is 65.7 Å². The van der Waals surface area contributed by atoms with Crippen molar-refractivity contribution in [3.8, 4) is 11.5 Å². The molecule has 4 heteroatoms. The number of rotatable bonds is 5. The van der Waals surface area contributed by atoms with E-state index in [0.29, 0.717) is 6.61 Å². The van der Waals surface area contributed by atoms with Crippen LogP contribution >= 0.6 is 0 Å². The van der Waals surface area contributed by atoms with Gasteiger partial charge in [-0.05, 0) is 40.5 Å². The van der Waals surface area contributed by atoms with Gasteiger partial charge in [-0.3, -0.25) is 9.97 Å². The lowest BCUT2D eigenvalue weighted by Crippen LogP contribution is -2.18. The highest BCUT2D eigenvalue weighted by Crippen LogP contribution is 2.31. The first-order valence-corrected chi connectivity index (χ1v) is 9.15. The van der Waals surface area contributed by atoms with E-state index in [1.807, 2.05) is 6.20 Å². The summed E-state index contributed by atoms with van der Waals surface area (Å²) >= 11 is 0. The first-order chi connectivity index (χ1) is 12.0. The molecule has 26 heavy (non-hydrogen) atoms. The zero-order valence-electron chi connectivity index (χ0n) is 17.4. The van der Waals surface area contributed by atoms with Crippen LogP contribution in [0.4, 0.5) is 0 Å². The van der Waals surface area contributed by atoms with Crippen LogP contribution in [0.3, 0.4) is 0 Å². The Balaban J connectivity index is 2.16. The SMILES string of the molecule is COc1cnc(CCOc2cncc(C(C)(C)C)c2C)c(C(C)(C)C)c1. The number of hydrogen-bond donors (Lipinski definition) is 0. The van der Waals surface area contributed by atoms with Gasteiger partial charge in [0.2, 0.25) is 0 Å².